The maximum atomic E-state index is 11.6. The predicted molar refractivity (Wildman–Crippen MR) is 62.4 cm³/mol. The van der Waals surface area contributed by atoms with E-state index in [2.05, 4.69) is 20.6 Å². The molecule has 2 heterocycles. The summed E-state index contributed by atoms with van der Waals surface area (Å²) in [5, 5.41) is 22.6. The third-order valence-corrected chi connectivity index (χ3v) is 2.53. The first-order valence-electron chi connectivity index (χ1n) is 5.41. The second-order valence-electron chi connectivity index (χ2n) is 3.84. The molecule has 0 unspecified atom stereocenters. The Morgan fingerprint density at radius 2 is 2.33 bits per heavy atom. The number of rotatable bonds is 5. The third-order valence-electron chi connectivity index (χ3n) is 2.53. The van der Waals surface area contributed by atoms with E-state index in [1.807, 2.05) is 0 Å². The van der Waals surface area contributed by atoms with Gasteiger partial charge in [0.2, 0.25) is 11.2 Å². The summed E-state index contributed by atoms with van der Waals surface area (Å²) in [5.41, 5.74) is -0.115. The van der Waals surface area contributed by atoms with Crippen LogP contribution in [0, 0.1) is 0 Å². The van der Waals surface area contributed by atoms with Crippen LogP contribution in [-0.2, 0) is 6.42 Å². The SMILES string of the molecule is CN(CCCc1nnn[nH]1)c1cocc(O)c1=O. The number of tetrazole rings is 1. The van der Waals surface area contributed by atoms with E-state index in [9.17, 15) is 9.90 Å². The Kier molecular flexibility index (Phi) is 3.56. The minimum absolute atomic E-state index is 0.325. The zero-order valence-electron chi connectivity index (χ0n) is 9.83. The molecule has 0 aliphatic heterocycles. The van der Waals surface area contributed by atoms with Gasteiger partial charge in [-0.3, -0.25) is 4.79 Å². The summed E-state index contributed by atoms with van der Waals surface area (Å²) in [6.07, 6.45) is 3.78. The largest absolute Gasteiger partial charge is 0.502 e. The summed E-state index contributed by atoms with van der Waals surface area (Å²) in [4.78, 5) is 13.3. The van der Waals surface area contributed by atoms with Crippen molar-refractivity contribution in [1.29, 1.82) is 0 Å². The molecule has 0 saturated carbocycles. The molecule has 0 atom stereocenters. The summed E-state index contributed by atoms with van der Waals surface area (Å²) in [6.45, 7) is 0.620. The highest BCUT2D eigenvalue weighted by atomic mass is 16.3. The summed E-state index contributed by atoms with van der Waals surface area (Å²) in [5.74, 6) is 0.310. The number of anilines is 1. The summed E-state index contributed by atoms with van der Waals surface area (Å²) in [6, 6.07) is 0. The van der Waals surface area contributed by atoms with Gasteiger partial charge in [-0.15, -0.1) is 5.10 Å². The van der Waals surface area contributed by atoms with Crippen LogP contribution in [0.3, 0.4) is 0 Å². The number of aromatic nitrogens is 4. The highest BCUT2D eigenvalue weighted by Crippen LogP contribution is 2.11. The molecule has 8 nitrogen and oxygen atoms in total. The van der Waals surface area contributed by atoms with Crippen molar-refractivity contribution >= 4 is 5.69 Å². The standard InChI is InChI=1S/C10H13N5O3/c1-15(4-2-3-9-11-13-14-12-9)7-5-18-6-8(16)10(7)17/h5-6,16H,2-4H2,1H3,(H,11,12,13,14). The fourth-order valence-corrected chi connectivity index (χ4v) is 1.55. The van der Waals surface area contributed by atoms with Gasteiger partial charge in [0.25, 0.3) is 0 Å². The quantitative estimate of drug-likeness (QED) is 0.765. The third kappa shape index (κ3) is 2.65. The average Bonchev–Trinajstić information content (AvgIpc) is 2.85. The van der Waals surface area contributed by atoms with Crippen molar-refractivity contribution in [3.63, 3.8) is 0 Å². The van der Waals surface area contributed by atoms with E-state index < -0.39 is 11.2 Å². The maximum Gasteiger partial charge on any atom is 0.249 e. The zero-order valence-corrected chi connectivity index (χ0v) is 9.83. The van der Waals surface area contributed by atoms with Crippen LogP contribution in [-0.4, -0.2) is 39.3 Å². The van der Waals surface area contributed by atoms with Crippen LogP contribution in [0.1, 0.15) is 12.2 Å². The van der Waals surface area contributed by atoms with Gasteiger partial charge in [-0.1, -0.05) is 0 Å². The van der Waals surface area contributed by atoms with Crippen molar-refractivity contribution in [2.24, 2.45) is 0 Å². The van der Waals surface area contributed by atoms with Gasteiger partial charge in [0, 0.05) is 20.0 Å². The first kappa shape index (κ1) is 12.1. The van der Waals surface area contributed by atoms with Gasteiger partial charge in [0.1, 0.15) is 24.0 Å². The van der Waals surface area contributed by atoms with Crippen LogP contribution in [0.5, 0.6) is 5.75 Å². The summed E-state index contributed by atoms with van der Waals surface area (Å²) < 4.78 is 4.86. The first-order chi connectivity index (χ1) is 8.68. The minimum Gasteiger partial charge on any atom is -0.502 e. The van der Waals surface area contributed by atoms with Crippen LogP contribution < -0.4 is 10.3 Å². The number of aromatic amines is 1. The van der Waals surface area contributed by atoms with Gasteiger partial charge in [0.05, 0.1) is 0 Å². The average molecular weight is 251 g/mol. The molecule has 96 valence electrons. The number of hydrogen-bond donors (Lipinski definition) is 2. The Bertz CT molecular complexity index is 551. The van der Waals surface area contributed by atoms with E-state index in [1.165, 1.54) is 6.26 Å². The Balaban J connectivity index is 1.93. The second kappa shape index (κ2) is 5.30. The van der Waals surface area contributed by atoms with Crippen molar-refractivity contribution in [3.05, 3.63) is 28.6 Å². The molecule has 8 heteroatoms. The van der Waals surface area contributed by atoms with Gasteiger partial charge in [-0.2, -0.15) is 0 Å². The van der Waals surface area contributed by atoms with Crippen molar-refractivity contribution in [2.45, 2.75) is 12.8 Å². The van der Waals surface area contributed by atoms with E-state index in [0.29, 0.717) is 24.5 Å². The van der Waals surface area contributed by atoms with E-state index in [4.69, 9.17) is 4.42 Å². The van der Waals surface area contributed by atoms with Crippen molar-refractivity contribution in [2.75, 3.05) is 18.5 Å². The molecule has 0 bridgehead atoms. The molecule has 18 heavy (non-hydrogen) atoms. The lowest BCUT2D eigenvalue weighted by atomic mass is 10.2. The summed E-state index contributed by atoms with van der Waals surface area (Å²) >= 11 is 0. The number of nitrogens with zero attached hydrogens (tertiary/aromatic N) is 4. The second-order valence-corrected chi connectivity index (χ2v) is 3.84. The van der Waals surface area contributed by atoms with E-state index >= 15 is 0 Å². The van der Waals surface area contributed by atoms with E-state index in [1.54, 1.807) is 11.9 Å². The Morgan fingerprint density at radius 3 is 3.06 bits per heavy atom. The Hall–Kier alpha value is -2.38. The molecule has 0 aromatic carbocycles. The van der Waals surface area contributed by atoms with Gasteiger partial charge in [-0.25, -0.2) is 5.10 Å². The molecule has 0 radical (unpaired) electrons. The molecular formula is C10H13N5O3. The monoisotopic (exact) mass is 251 g/mol. The van der Waals surface area contributed by atoms with E-state index in [0.717, 1.165) is 12.7 Å². The smallest absolute Gasteiger partial charge is 0.249 e. The van der Waals surface area contributed by atoms with Crippen LogP contribution in [0.2, 0.25) is 0 Å². The minimum atomic E-state index is -0.440. The van der Waals surface area contributed by atoms with Gasteiger partial charge in [0.15, 0.2) is 0 Å². The van der Waals surface area contributed by atoms with Crippen LogP contribution in [0.15, 0.2) is 21.7 Å². The molecule has 2 aromatic rings. The van der Waals surface area contributed by atoms with Crippen molar-refractivity contribution in [1.82, 2.24) is 20.6 Å². The molecule has 0 saturated heterocycles. The summed E-state index contributed by atoms with van der Waals surface area (Å²) in [7, 11) is 1.75. The molecule has 0 fully saturated rings. The topological polar surface area (TPSA) is 108 Å². The van der Waals surface area contributed by atoms with Crippen molar-refractivity contribution < 1.29 is 9.52 Å². The van der Waals surface area contributed by atoms with Crippen LogP contribution in [0.25, 0.3) is 0 Å². The van der Waals surface area contributed by atoms with Crippen LogP contribution in [0.4, 0.5) is 5.69 Å². The Morgan fingerprint density at radius 1 is 1.50 bits per heavy atom. The van der Waals surface area contributed by atoms with Crippen molar-refractivity contribution in [3.8, 4) is 5.75 Å². The van der Waals surface area contributed by atoms with Gasteiger partial charge >= 0.3 is 0 Å². The molecule has 0 spiro atoms. The molecular weight excluding hydrogens is 238 g/mol. The first-order valence-corrected chi connectivity index (χ1v) is 5.41. The number of aromatic hydroxyl groups is 1. The lowest BCUT2D eigenvalue weighted by molar-refractivity contribution is 0.429. The lowest BCUT2D eigenvalue weighted by Gasteiger charge is -2.17. The number of aryl methyl sites for hydroxylation is 1. The zero-order chi connectivity index (χ0) is 13.0. The highest BCUT2D eigenvalue weighted by Gasteiger charge is 2.10. The van der Waals surface area contributed by atoms with Gasteiger partial charge < -0.3 is 14.4 Å². The molecule has 0 amide bonds. The normalized spacial score (nSPS) is 10.5. The number of H-pyrrole nitrogens is 1. The van der Waals surface area contributed by atoms with E-state index in [-0.39, 0.29) is 0 Å². The lowest BCUT2D eigenvalue weighted by Crippen LogP contribution is -2.24. The fourth-order valence-electron chi connectivity index (χ4n) is 1.55. The number of hydrogen-bond acceptors (Lipinski definition) is 7. The number of nitrogens with one attached hydrogen (secondary N) is 1. The molecule has 2 N–H and O–H groups in total. The molecule has 0 aliphatic rings. The predicted octanol–water partition coefficient (Wildman–Crippen LogP) is -0.0725. The molecule has 0 aliphatic carbocycles. The maximum absolute atomic E-state index is 11.6. The highest BCUT2D eigenvalue weighted by molar-refractivity contribution is 5.45. The Labute approximate surface area is 102 Å². The van der Waals surface area contributed by atoms with Gasteiger partial charge in [-0.05, 0) is 16.8 Å². The molecule has 2 rings (SSSR count). The fraction of sp³-hybridized carbons (Fsp3) is 0.400. The molecule has 2 aromatic heterocycles. The van der Waals surface area contributed by atoms with Crippen LogP contribution >= 0.6 is 0 Å².